The van der Waals surface area contributed by atoms with E-state index in [2.05, 4.69) is 6.92 Å². The summed E-state index contributed by atoms with van der Waals surface area (Å²) < 4.78 is 11.2. The van der Waals surface area contributed by atoms with Crippen LogP contribution < -0.4 is 10.4 Å². The number of hydrogen-bond donors (Lipinski definition) is 0. The summed E-state index contributed by atoms with van der Waals surface area (Å²) in [6, 6.07) is 17.1. The van der Waals surface area contributed by atoms with Gasteiger partial charge in [-0.3, -0.25) is 0 Å². The van der Waals surface area contributed by atoms with Gasteiger partial charge in [-0.15, -0.1) is 0 Å². The molecular weight excluding hydrogens is 288 g/mol. The molecule has 0 aliphatic carbocycles. The van der Waals surface area contributed by atoms with E-state index in [4.69, 9.17) is 9.15 Å². The zero-order chi connectivity index (χ0) is 16.1. The van der Waals surface area contributed by atoms with Crippen LogP contribution in [0.15, 0.2) is 63.8 Å². The smallest absolute Gasteiger partial charge is 0.344 e. The molecule has 118 valence electrons. The van der Waals surface area contributed by atoms with Gasteiger partial charge >= 0.3 is 5.63 Å². The van der Waals surface area contributed by atoms with Crippen LogP contribution in [-0.4, -0.2) is 6.61 Å². The van der Waals surface area contributed by atoms with Crippen LogP contribution in [0.25, 0.3) is 22.1 Å². The fourth-order valence-corrected chi connectivity index (χ4v) is 2.54. The molecule has 3 nitrogen and oxygen atoms in total. The van der Waals surface area contributed by atoms with Gasteiger partial charge in [0.05, 0.1) is 12.2 Å². The molecule has 0 aliphatic heterocycles. The Morgan fingerprint density at radius 3 is 2.61 bits per heavy atom. The van der Waals surface area contributed by atoms with Crippen molar-refractivity contribution < 1.29 is 9.15 Å². The highest BCUT2D eigenvalue weighted by Crippen LogP contribution is 2.24. The Bertz CT molecular complexity index is 834. The zero-order valence-electron chi connectivity index (χ0n) is 13.2. The van der Waals surface area contributed by atoms with Gasteiger partial charge in [0.1, 0.15) is 11.3 Å². The van der Waals surface area contributed by atoms with E-state index in [9.17, 15) is 4.79 Å². The normalized spacial score (nSPS) is 10.8. The molecule has 3 rings (SSSR count). The molecule has 0 aliphatic rings. The molecule has 0 radical (unpaired) electrons. The van der Waals surface area contributed by atoms with Crippen LogP contribution >= 0.6 is 0 Å². The van der Waals surface area contributed by atoms with E-state index in [1.165, 1.54) is 0 Å². The third-order valence-corrected chi connectivity index (χ3v) is 3.81. The molecule has 2 aromatic carbocycles. The first-order chi connectivity index (χ1) is 11.3. The largest absolute Gasteiger partial charge is 0.493 e. The quantitative estimate of drug-likeness (QED) is 0.473. The van der Waals surface area contributed by atoms with E-state index in [0.717, 1.165) is 36.0 Å². The zero-order valence-corrected chi connectivity index (χ0v) is 13.2. The molecule has 3 aromatic rings. The second-order valence-electron chi connectivity index (χ2n) is 5.57. The molecule has 0 fully saturated rings. The Morgan fingerprint density at radius 2 is 1.83 bits per heavy atom. The third-order valence-electron chi connectivity index (χ3n) is 3.81. The fraction of sp³-hybridized carbons (Fsp3) is 0.250. The van der Waals surface area contributed by atoms with Gasteiger partial charge in [-0.2, -0.15) is 0 Å². The molecule has 23 heavy (non-hydrogen) atoms. The minimum Gasteiger partial charge on any atom is -0.493 e. The SMILES string of the molecule is CCCCCOc1ccc2cc(-c3ccccc3)c(=O)oc2c1. The van der Waals surface area contributed by atoms with Crippen LogP contribution in [0.2, 0.25) is 0 Å². The number of benzene rings is 2. The van der Waals surface area contributed by atoms with Crippen LogP contribution in [0.1, 0.15) is 26.2 Å². The first-order valence-electron chi connectivity index (χ1n) is 8.04. The number of unbranched alkanes of at least 4 members (excludes halogenated alkanes) is 2. The third kappa shape index (κ3) is 3.62. The number of fused-ring (bicyclic) bond motifs is 1. The number of rotatable bonds is 6. The maximum atomic E-state index is 12.2. The van der Waals surface area contributed by atoms with E-state index in [-0.39, 0.29) is 5.63 Å². The minimum atomic E-state index is -0.327. The van der Waals surface area contributed by atoms with Gasteiger partial charge in [0.15, 0.2) is 0 Å². The molecule has 0 unspecified atom stereocenters. The molecule has 1 aromatic heterocycles. The van der Waals surface area contributed by atoms with Gasteiger partial charge in [-0.05, 0) is 30.2 Å². The first-order valence-corrected chi connectivity index (χ1v) is 8.04. The van der Waals surface area contributed by atoms with E-state index in [1.54, 1.807) is 6.07 Å². The lowest BCUT2D eigenvalue weighted by molar-refractivity contribution is 0.306. The maximum absolute atomic E-state index is 12.2. The van der Waals surface area contributed by atoms with Crippen molar-refractivity contribution in [2.45, 2.75) is 26.2 Å². The lowest BCUT2D eigenvalue weighted by atomic mass is 10.1. The van der Waals surface area contributed by atoms with Gasteiger partial charge in [0.25, 0.3) is 0 Å². The molecule has 1 heterocycles. The van der Waals surface area contributed by atoms with Gasteiger partial charge in [0.2, 0.25) is 0 Å². The predicted molar refractivity (Wildman–Crippen MR) is 92.9 cm³/mol. The van der Waals surface area contributed by atoms with E-state index < -0.39 is 0 Å². The Balaban J connectivity index is 1.89. The lowest BCUT2D eigenvalue weighted by Gasteiger charge is -2.07. The molecule has 0 amide bonds. The van der Waals surface area contributed by atoms with Crippen molar-refractivity contribution in [1.82, 2.24) is 0 Å². The lowest BCUT2D eigenvalue weighted by Crippen LogP contribution is -2.03. The Labute approximate surface area is 135 Å². The number of hydrogen-bond acceptors (Lipinski definition) is 3. The molecule has 0 atom stereocenters. The van der Waals surface area contributed by atoms with Crippen molar-refractivity contribution in [2.24, 2.45) is 0 Å². The highest BCUT2D eigenvalue weighted by atomic mass is 16.5. The standard InChI is InChI=1S/C20H20O3/c1-2-3-7-12-22-17-11-10-16-13-18(15-8-5-4-6-9-15)20(21)23-19(16)14-17/h4-6,8-11,13-14H,2-3,7,12H2,1H3. The summed E-state index contributed by atoms with van der Waals surface area (Å²) in [4.78, 5) is 12.2. The van der Waals surface area contributed by atoms with Gasteiger partial charge in [0, 0.05) is 11.5 Å². The van der Waals surface area contributed by atoms with Crippen molar-refractivity contribution in [3.05, 3.63) is 65.0 Å². The van der Waals surface area contributed by atoms with Gasteiger partial charge in [-0.25, -0.2) is 4.79 Å². The fourth-order valence-electron chi connectivity index (χ4n) is 2.54. The van der Waals surface area contributed by atoms with Crippen molar-refractivity contribution >= 4 is 11.0 Å². The van der Waals surface area contributed by atoms with Crippen molar-refractivity contribution in [3.8, 4) is 16.9 Å². The van der Waals surface area contributed by atoms with Crippen LogP contribution in [0.4, 0.5) is 0 Å². The Kier molecular flexibility index (Phi) is 4.77. The summed E-state index contributed by atoms with van der Waals surface area (Å²) in [5.74, 6) is 0.740. The van der Waals surface area contributed by atoms with E-state index >= 15 is 0 Å². The van der Waals surface area contributed by atoms with Crippen molar-refractivity contribution in [3.63, 3.8) is 0 Å². The molecule has 0 bridgehead atoms. The summed E-state index contributed by atoms with van der Waals surface area (Å²) >= 11 is 0. The monoisotopic (exact) mass is 308 g/mol. The van der Waals surface area contributed by atoms with Gasteiger partial charge < -0.3 is 9.15 Å². The topological polar surface area (TPSA) is 39.4 Å². The van der Waals surface area contributed by atoms with Gasteiger partial charge in [-0.1, -0.05) is 50.1 Å². The molecule has 3 heteroatoms. The summed E-state index contributed by atoms with van der Waals surface area (Å²) in [5.41, 5.74) is 1.67. The highest BCUT2D eigenvalue weighted by molar-refractivity contribution is 5.82. The summed E-state index contributed by atoms with van der Waals surface area (Å²) in [7, 11) is 0. The molecule has 0 spiro atoms. The summed E-state index contributed by atoms with van der Waals surface area (Å²) in [5, 5.41) is 0.893. The van der Waals surface area contributed by atoms with Crippen LogP contribution in [0.3, 0.4) is 0 Å². The van der Waals surface area contributed by atoms with Crippen molar-refractivity contribution in [2.75, 3.05) is 6.61 Å². The second-order valence-corrected chi connectivity index (χ2v) is 5.57. The first kappa shape index (κ1) is 15.3. The average Bonchev–Trinajstić information content (AvgIpc) is 2.59. The maximum Gasteiger partial charge on any atom is 0.344 e. The number of ether oxygens (including phenoxy) is 1. The van der Waals surface area contributed by atoms with Crippen LogP contribution in [0, 0.1) is 0 Å². The molecule has 0 saturated heterocycles. The molecule has 0 saturated carbocycles. The minimum absolute atomic E-state index is 0.327. The Morgan fingerprint density at radius 1 is 1.00 bits per heavy atom. The summed E-state index contributed by atoms with van der Waals surface area (Å²) in [6.45, 7) is 2.85. The Hall–Kier alpha value is -2.55. The van der Waals surface area contributed by atoms with E-state index in [1.807, 2.05) is 48.5 Å². The van der Waals surface area contributed by atoms with Crippen LogP contribution in [0.5, 0.6) is 5.75 Å². The predicted octanol–water partition coefficient (Wildman–Crippen LogP) is 5.03. The average molecular weight is 308 g/mol. The van der Waals surface area contributed by atoms with Crippen molar-refractivity contribution in [1.29, 1.82) is 0 Å². The van der Waals surface area contributed by atoms with Crippen LogP contribution in [-0.2, 0) is 0 Å². The highest BCUT2D eigenvalue weighted by Gasteiger charge is 2.08. The second kappa shape index (κ2) is 7.14. The molecular formula is C20H20O3. The summed E-state index contributed by atoms with van der Waals surface area (Å²) in [6.07, 6.45) is 3.35. The van der Waals surface area contributed by atoms with E-state index in [0.29, 0.717) is 17.8 Å². The molecule has 0 N–H and O–H groups in total.